The number of thioether (sulfide) groups is 1. The van der Waals surface area contributed by atoms with Crippen molar-refractivity contribution in [3.63, 3.8) is 0 Å². The molecule has 0 rings (SSSR count). The lowest BCUT2D eigenvalue weighted by Crippen LogP contribution is -2.42. The SMILES string of the molecule is CCCCCCOC(=O)C(CCSC)NC(=O)OC. The van der Waals surface area contributed by atoms with Gasteiger partial charge in [-0.05, 0) is 24.9 Å². The van der Waals surface area contributed by atoms with Gasteiger partial charge in [-0.25, -0.2) is 9.59 Å². The summed E-state index contributed by atoms with van der Waals surface area (Å²) in [7, 11) is 1.27. The van der Waals surface area contributed by atoms with Crippen LogP contribution in [0.1, 0.15) is 39.0 Å². The second-order valence-corrected chi connectivity index (χ2v) is 5.18. The van der Waals surface area contributed by atoms with Gasteiger partial charge in [-0.2, -0.15) is 11.8 Å². The molecular weight excluding hydrogens is 266 g/mol. The first-order chi connectivity index (χ1) is 9.15. The molecule has 19 heavy (non-hydrogen) atoms. The molecule has 0 aromatic carbocycles. The summed E-state index contributed by atoms with van der Waals surface area (Å²) in [5.74, 6) is 0.399. The summed E-state index contributed by atoms with van der Waals surface area (Å²) in [4.78, 5) is 23.0. The van der Waals surface area contributed by atoms with Crippen molar-refractivity contribution in [2.45, 2.75) is 45.1 Å². The fourth-order valence-corrected chi connectivity index (χ4v) is 1.96. The Kier molecular flexibility index (Phi) is 11.6. The second-order valence-electron chi connectivity index (χ2n) is 4.20. The third kappa shape index (κ3) is 9.64. The number of carbonyl (C=O) groups excluding carboxylic acids is 2. The third-order valence-electron chi connectivity index (χ3n) is 2.61. The summed E-state index contributed by atoms with van der Waals surface area (Å²) in [5, 5.41) is 2.50. The van der Waals surface area contributed by atoms with E-state index in [0.29, 0.717) is 13.0 Å². The maximum absolute atomic E-state index is 11.8. The van der Waals surface area contributed by atoms with E-state index in [1.54, 1.807) is 11.8 Å². The molecule has 0 spiro atoms. The standard InChI is InChI=1S/C13H25NO4S/c1-4-5-6-7-9-18-12(15)11(8-10-19-3)14-13(16)17-2/h11H,4-10H2,1-3H3,(H,14,16). The lowest BCUT2D eigenvalue weighted by molar-refractivity contribution is -0.146. The van der Waals surface area contributed by atoms with Crippen molar-refractivity contribution >= 4 is 23.8 Å². The van der Waals surface area contributed by atoms with E-state index in [1.807, 2.05) is 6.26 Å². The van der Waals surface area contributed by atoms with Gasteiger partial charge in [-0.15, -0.1) is 0 Å². The summed E-state index contributed by atoms with van der Waals surface area (Å²) in [5.41, 5.74) is 0. The molecule has 0 radical (unpaired) electrons. The van der Waals surface area contributed by atoms with E-state index in [9.17, 15) is 9.59 Å². The summed E-state index contributed by atoms with van der Waals surface area (Å²) < 4.78 is 9.68. The number of carbonyl (C=O) groups is 2. The highest BCUT2D eigenvalue weighted by molar-refractivity contribution is 7.98. The van der Waals surface area contributed by atoms with Gasteiger partial charge in [0.1, 0.15) is 6.04 Å². The lowest BCUT2D eigenvalue weighted by Gasteiger charge is -2.16. The molecule has 0 heterocycles. The van der Waals surface area contributed by atoms with Crippen molar-refractivity contribution in [1.29, 1.82) is 0 Å². The Morgan fingerprint density at radius 1 is 1.26 bits per heavy atom. The van der Waals surface area contributed by atoms with Crippen LogP contribution < -0.4 is 5.32 Å². The molecule has 0 aromatic rings. The van der Waals surface area contributed by atoms with Gasteiger partial charge in [0.15, 0.2) is 0 Å². The summed E-state index contributed by atoms with van der Waals surface area (Å²) in [6, 6.07) is -0.619. The number of hydrogen-bond donors (Lipinski definition) is 1. The molecule has 0 fully saturated rings. The average molecular weight is 291 g/mol. The Morgan fingerprint density at radius 3 is 2.58 bits per heavy atom. The van der Waals surface area contributed by atoms with Crippen molar-refractivity contribution in [1.82, 2.24) is 5.32 Å². The molecule has 1 amide bonds. The number of amides is 1. The van der Waals surface area contributed by atoms with Crippen LogP contribution in [-0.2, 0) is 14.3 Å². The van der Waals surface area contributed by atoms with Crippen LogP contribution in [0.5, 0.6) is 0 Å². The quantitative estimate of drug-likeness (QED) is 0.495. The molecule has 1 N–H and O–H groups in total. The topological polar surface area (TPSA) is 64.6 Å². The molecule has 0 aliphatic rings. The summed E-state index contributed by atoms with van der Waals surface area (Å²) in [6.45, 7) is 2.54. The lowest BCUT2D eigenvalue weighted by atomic mass is 10.2. The zero-order valence-electron chi connectivity index (χ0n) is 12.1. The number of unbranched alkanes of at least 4 members (excludes halogenated alkanes) is 3. The minimum absolute atomic E-state index is 0.379. The first kappa shape index (κ1) is 18.1. The highest BCUT2D eigenvalue weighted by Gasteiger charge is 2.21. The molecule has 0 aromatic heterocycles. The van der Waals surface area contributed by atoms with Crippen molar-refractivity contribution < 1.29 is 19.1 Å². The fraction of sp³-hybridized carbons (Fsp3) is 0.846. The Hall–Kier alpha value is -0.910. The molecule has 0 bridgehead atoms. The first-order valence-corrected chi connectivity index (χ1v) is 8.05. The van der Waals surface area contributed by atoms with Crippen molar-refractivity contribution in [2.75, 3.05) is 25.7 Å². The van der Waals surface area contributed by atoms with Gasteiger partial charge in [0, 0.05) is 0 Å². The van der Waals surface area contributed by atoms with Crippen LogP contribution in [0.3, 0.4) is 0 Å². The Morgan fingerprint density at radius 2 is 2.00 bits per heavy atom. The van der Waals surface area contributed by atoms with Crippen LogP contribution in [0.15, 0.2) is 0 Å². The van der Waals surface area contributed by atoms with Crippen molar-refractivity contribution in [2.24, 2.45) is 0 Å². The number of hydrogen-bond acceptors (Lipinski definition) is 5. The Balaban J connectivity index is 4.03. The maximum atomic E-state index is 11.8. The summed E-state index contributed by atoms with van der Waals surface area (Å²) >= 11 is 1.62. The van der Waals surface area contributed by atoms with E-state index >= 15 is 0 Å². The molecule has 0 aliphatic carbocycles. The predicted molar refractivity (Wildman–Crippen MR) is 77.4 cm³/mol. The molecule has 0 aliphatic heterocycles. The van der Waals surface area contributed by atoms with Gasteiger partial charge in [0.25, 0.3) is 0 Å². The highest BCUT2D eigenvalue weighted by atomic mass is 32.2. The second kappa shape index (κ2) is 12.1. The van der Waals surface area contributed by atoms with Crippen LogP contribution in [0.2, 0.25) is 0 Å². The van der Waals surface area contributed by atoms with Gasteiger partial charge >= 0.3 is 12.1 Å². The minimum Gasteiger partial charge on any atom is -0.464 e. The largest absolute Gasteiger partial charge is 0.464 e. The average Bonchev–Trinajstić information content (AvgIpc) is 2.42. The number of methoxy groups -OCH3 is 1. The smallest absolute Gasteiger partial charge is 0.407 e. The maximum Gasteiger partial charge on any atom is 0.407 e. The molecule has 0 saturated heterocycles. The van der Waals surface area contributed by atoms with Crippen LogP contribution in [0.25, 0.3) is 0 Å². The molecule has 0 saturated carbocycles. The molecule has 5 nitrogen and oxygen atoms in total. The molecule has 1 atom stereocenters. The molecule has 1 unspecified atom stereocenters. The normalized spacial score (nSPS) is 11.7. The molecular formula is C13H25NO4S. The van der Waals surface area contributed by atoms with Gasteiger partial charge in [0.05, 0.1) is 13.7 Å². The van der Waals surface area contributed by atoms with Gasteiger partial charge in [-0.3, -0.25) is 0 Å². The van der Waals surface area contributed by atoms with Gasteiger partial charge in [-0.1, -0.05) is 26.2 Å². The Labute approximate surface area is 119 Å². The summed E-state index contributed by atoms with van der Waals surface area (Å²) in [6.07, 6.45) is 6.11. The van der Waals surface area contributed by atoms with Crippen LogP contribution in [-0.4, -0.2) is 43.8 Å². The fourth-order valence-electron chi connectivity index (χ4n) is 1.49. The number of nitrogens with one attached hydrogen (secondary N) is 1. The van der Waals surface area contributed by atoms with E-state index < -0.39 is 12.1 Å². The van der Waals surface area contributed by atoms with E-state index in [0.717, 1.165) is 31.4 Å². The zero-order valence-corrected chi connectivity index (χ0v) is 12.9. The van der Waals surface area contributed by atoms with E-state index in [2.05, 4.69) is 17.0 Å². The van der Waals surface area contributed by atoms with Crippen LogP contribution in [0.4, 0.5) is 4.79 Å². The molecule has 6 heteroatoms. The third-order valence-corrected chi connectivity index (χ3v) is 3.26. The number of alkyl carbamates (subject to hydrolysis) is 1. The number of rotatable bonds is 10. The number of ether oxygens (including phenoxy) is 2. The first-order valence-electron chi connectivity index (χ1n) is 6.65. The number of esters is 1. The van der Waals surface area contributed by atoms with E-state index in [1.165, 1.54) is 7.11 Å². The van der Waals surface area contributed by atoms with Gasteiger partial charge in [0.2, 0.25) is 0 Å². The van der Waals surface area contributed by atoms with Crippen LogP contribution >= 0.6 is 11.8 Å². The minimum atomic E-state index is -0.619. The Bertz CT molecular complexity index is 261. The molecule has 112 valence electrons. The highest BCUT2D eigenvalue weighted by Crippen LogP contribution is 2.05. The van der Waals surface area contributed by atoms with E-state index in [-0.39, 0.29) is 5.97 Å². The monoisotopic (exact) mass is 291 g/mol. The van der Waals surface area contributed by atoms with E-state index in [4.69, 9.17) is 4.74 Å². The predicted octanol–water partition coefficient (Wildman–Crippen LogP) is 2.59. The zero-order chi connectivity index (χ0) is 14.5. The van der Waals surface area contributed by atoms with Crippen molar-refractivity contribution in [3.8, 4) is 0 Å². The van der Waals surface area contributed by atoms with Gasteiger partial charge < -0.3 is 14.8 Å². The van der Waals surface area contributed by atoms with Crippen molar-refractivity contribution in [3.05, 3.63) is 0 Å². The van der Waals surface area contributed by atoms with Crippen LogP contribution in [0, 0.1) is 0 Å².